The van der Waals surface area contributed by atoms with Gasteiger partial charge in [-0.3, -0.25) is 0 Å². The van der Waals surface area contributed by atoms with Crippen LogP contribution in [0.15, 0.2) is 72.1 Å². The largest absolute Gasteiger partial charge is 0.243 e. The van der Waals surface area contributed by atoms with Crippen LogP contribution in [0, 0.1) is 0 Å². The number of nitrogens with zero attached hydrogens (tertiary/aromatic N) is 2. The molecule has 2 nitrogen and oxygen atoms in total. The summed E-state index contributed by atoms with van der Waals surface area (Å²) in [4.78, 5) is 10.6. The first-order valence-corrected chi connectivity index (χ1v) is 7.66. The quantitative estimate of drug-likeness (QED) is 0.517. The van der Waals surface area contributed by atoms with Crippen molar-refractivity contribution >= 4 is 21.7 Å². The van der Waals surface area contributed by atoms with Crippen molar-refractivity contribution in [2.24, 2.45) is 0 Å². The van der Waals surface area contributed by atoms with E-state index in [1.165, 1.54) is 0 Å². The van der Waals surface area contributed by atoms with Crippen LogP contribution in [0.5, 0.6) is 0 Å². The summed E-state index contributed by atoms with van der Waals surface area (Å²) < 4.78 is 0. The molecule has 0 saturated carbocycles. The normalized spacial score (nSPS) is 10.9. The van der Waals surface area contributed by atoms with Crippen LogP contribution >= 0.6 is 11.3 Å². The maximum Gasteiger partial charge on any atom is 0.142 e. The predicted octanol–water partition coefficient (Wildman–Crippen LogP) is 5.03. The summed E-state index contributed by atoms with van der Waals surface area (Å²) in [5.41, 5.74) is 5.03. The molecule has 21 heavy (non-hydrogen) atoms. The van der Waals surface area contributed by atoms with Gasteiger partial charge in [0.1, 0.15) is 10.3 Å². The van der Waals surface area contributed by atoms with E-state index in [-0.39, 0.29) is 0 Å². The van der Waals surface area contributed by atoms with Crippen molar-refractivity contribution in [1.82, 2.24) is 9.97 Å². The highest BCUT2D eigenvalue weighted by molar-refractivity contribution is 7.16. The van der Waals surface area contributed by atoms with Crippen LogP contribution < -0.4 is 0 Å². The average molecular weight is 288 g/mol. The van der Waals surface area contributed by atoms with Gasteiger partial charge in [0.05, 0.1) is 11.4 Å². The third-order valence-electron chi connectivity index (χ3n) is 3.39. The lowest BCUT2D eigenvalue weighted by atomic mass is 10.0. The Kier molecular flexibility index (Phi) is 2.98. The zero-order valence-corrected chi connectivity index (χ0v) is 12.0. The number of hydrogen-bond acceptors (Lipinski definition) is 3. The van der Waals surface area contributed by atoms with Gasteiger partial charge in [-0.2, -0.15) is 0 Å². The molecule has 0 aliphatic carbocycles. The van der Waals surface area contributed by atoms with Crippen LogP contribution in [0.2, 0.25) is 0 Å². The fourth-order valence-corrected chi connectivity index (χ4v) is 3.09. The van der Waals surface area contributed by atoms with Gasteiger partial charge in [0.15, 0.2) is 0 Å². The van der Waals surface area contributed by atoms with Crippen molar-refractivity contribution in [3.8, 4) is 22.5 Å². The van der Waals surface area contributed by atoms with Gasteiger partial charge < -0.3 is 0 Å². The molecule has 2 heterocycles. The molecule has 100 valence electrons. The van der Waals surface area contributed by atoms with Gasteiger partial charge in [0.2, 0.25) is 0 Å². The van der Waals surface area contributed by atoms with E-state index in [0.29, 0.717) is 0 Å². The molecule has 0 bridgehead atoms. The molecule has 0 fully saturated rings. The van der Waals surface area contributed by atoms with Gasteiger partial charge in [0, 0.05) is 11.1 Å². The van der Waals surface area contributed by atoms with E-state index in [1.54, 1.807) is 11.3 Å². The highest BCUT2D eigenvalue weighted by Gasteiger charge is 2.13. The Morgan fingerprint density at radius 2 is 1.19 bits per heavy atom. The monoisotopic (exact) mass is 288 g/mol. The standard InChI is InChI=1S/C18H12N2S/c1-3-7-13(8-4-1)16-17(14-9-5-2-6-10-14)20-18-15(19-16)11-12-21-18/h1-12H. The average Bonchev–Trinajstić information content (AvgIpc) is 3.03. The minimum Gasteiger partial charge on any atom is -0.243 e. The summed E-state index contributed by atoms with van der Waals surface area (Å²) in [7, 11) is 0. The molecule has 3 heteroatoms. The second-order valence-electron chi connectivity index (χ2n) is 4.76. The van der Waals surface area contributed by atoms with Crippen molar-refractivity contribution < 1.29 is 0 Å². The highest BCUT2D eigenvalue weighted by Crippen LogP contribution is 2.31. The van der Waals surface area contributed by atoms with Crippen molar-refractivity contribution in [3.05, 3.63) is 72.1 Å². The maximum absolute atomic E-state index is 4.84. The molecule has 2 aromatic carbocycles. The Morgan fingerprint density at radius 1 is 0.619 bits per heavy atom. The van der Waals surface area contributed by atoms with Gasteiger partial charge in [-0.05, 0) is 11.4 Å². The Balaban J connectivity index is 2.03. The number of aromatic nitrogens is 2. The molecule has 0 spiro atoms. The van der Waals surface area contributed by atoms with Crippen LogP contribution in [0.25, 0.3) is 32.9 Å². The Labute approximate surface area is 126 Å². The first-order chi connectivity index (χ1) is 10.4. The third-order valence-corrected chi connectivity index (χ3v) is 4.18. The van der Waals surface area contributed by atoms with Crippen molar-refractivity contribution in [2.75, 3.05) is 0 Å². The molecule has 0 saturated heterocycles. The molecular formula is C18H12N2S. The number of thiophene rings is 1. The molecule has 4 rings (SSSR count). The zero-order valence-electron chi connectivity index (χ0n) is 11.2. The number of rotatable bonds is 2. The van der Waals surface area contributed by atoms with E-state index in [2.05, 4.69) is 24.3 Å². The molecule has 0 radical (unpaired) electrons. The SMILES string of the molecule is c1ccc(-c2nc3ccsc3nc2-c2ccccc2)cc1. The van der Waals surface area contributed by atoms with E-state index in [4.69, 9.17) is 9.97 Å². The summed E-state index contributed by atoms with van der Waals surface area (Å²) in [6.45, 7) is 0. The number of benzene rings is 2. The Bertz CT molecular complexity index is 809. The summed E-state index contributed by atoms with van der Waals surface area (Å²) in [6, 6.07) is 22.5. The van der Waals surface area contributed by atoms with E-state index in [1.807, 2.05) is 47.8 Å². The zero-order chi connectivity index (χ0) is 14.1. The molecule has 0 aliphatic heterocycles. The van der Waals surface area contributed by atoms with Gasteiger partial charge in [-0.25, -0.2) is 9.97 Å². The minimum atomic E-state index is 0.938. The Hall–Kier alpha value is -2.52. The molecule has 0 unspecified atom stereocenters. The first kappa shape index (κ1) is 12.2. The van der Waals surface area contributed by atoms with E-state index < -0.39 is 0 Å². The summed E-state index contributed by atoms with van der Waals surface area (Å²) in [5, 5.41) is 2.04. The van der Waals surface area contributed by atoms with Gasteiger partial charge in [0.25, 0.3) is 0 Å². The molecule has 4 aromatic rings. The third kappa shape index (κ3) is 2.22. The fourth-order valence-electron chi connectivity index (χ4n) is 2.39. The van der Waals surface area contributed by atoms with Crippen LogP contribution in [-0.2, 0) is 0 Å². The van der Waals surface area contributed by atoms with Gasteiger partial charge in [-0.15, -0.1) is 11.3 Å². The predicted molar refractivity (Wildman–Crippen MR) is 88.3 cm³/mol. The van der Waals surface area contributed by atoms with Gasteiger partial charge in [-0.1, -0.05) is 60.7 Å². The molecule has 0 amide bonds. The molecular weight excluding hydrogens is 276 g/mol. The molecule has 0 atom stereocenters. The topological polar surface area (TPSA) is 25.8 Å². The second kappa shape index (κ2) is 5.11. The maximum atomic E-state index is 4.84. The Morgan fingerprint density at radius 3 is 1.81 bits per heavy atom. The highest BCUT2D eigenvalue weighted by atomic mass is 32.1. The van der Waals surface area contributed by atoms with Crippen molar-refractivity contribution in [2.45, 2.75) is 0 Å². The molecule has 0 N–H and O–H groups in total. The fraction of sp³-hybridized carbons (Fsp3) is 0. The van der Waals surface area contributed by atoms with E-state index >= 15 is 0 Å². The first-order valence-electron chi connectivity index (χ1n) is 6.78. The summed E-state index contributed by atoms with van der Waals surface area (Å²) in [6.07, 6.45) is 0. The lowest BCUT2D eigenvalue weighted by Gasteiger charge is -2.08. The lowest BCUT2D eigenvalue weighted by Crippen LogP contribution is -1.93. The van der Waals surface area contributed by atoms with Crippen LogP contribution in [-0.4, -0.2) is 9.97 Å². The summed E-state index contributed by atoms with van der Waals surface area (Å²) >= 11 is 1.63. The number of hydrogen-bond donors (Lipinski definition) is 0. The van der Waals surface area contributed by atoms with Crippen molar-refractivity contribution in [1.29, 1.82) is 0 Å². The van der Waals surface area contributed by atoms with Crippen LogP contribution in [0.1, 0.15) is 0 Å². The van der Waals surface area contributed by atoms with Gasteiger partial charge >= 0.3 is 0 Å². The van der Waals surface area contributed by atoms with E-state index in [0.717, 1.165) is 32.9 Å². The van der Waals surface area contributed by atoms with Crippen molar-refractivity contribution in [3.63, 3.8) is 0 Å². The second-order valence-corrected chi connectivity index (χ2v) is 5.66. The summed E-state index contributed by atoms with van der Waals surface area (Å²) in [5.74, 6) is 0. The molecule has 2 aromatic heterocycles. The van der Waals surface area contributed by atoms with Crippen LogP contribution in [0.3, 0.4) is 0 Å². The minimum absolute atomic E-state index is 0.938. The smallest absolute Gasteiger partial charge is 0.142 e. The van der Waals surface area contributed by atoms with E-state index in [9.17, 15) is 0 Å². The lowest BCUT2D eigenvalue weighted by molar-refractivity contribution is 1.31. The molecule has 0 aliphatic rings. The number of fused-ring (bicyclic) bond motifs is 1. The van der Waals surface area contributed by atoms with Crippen LogP contribution in [0.4, 0.5) is 0 Å².